The number of nitrogens with one attached hydrogen (secondary N) is 1. The molecular formula is C23H23N3O3. The van der Waals surface area contributed by atoms with Crippen molar-refractivity contribution < 1.29 is 14.4 Å². The van der Waals surface area contributed by atoms with Crippen molar-refractivity contribution in [2.75, 3.05) is 21.7 Å². The molecule has 29 heavy (non-hydrogen) atoms. The van der Waals surface area contributed by atoms with E-state index in [4.69, 9.17) is 0 Å². The molecule has 1 unspecified atom stereocenters. The molecule has 6 nitrogen and oxygen atoms in total. The third-order valence-corrected chi connectivity index (χ3v) is 5.99. The van der Waals surface area contributed by atoms with Crippen LogP contribution in [0.3, 0.4) is 0 Å². The molecule has 2 aromatic carbocycles. The molecule has 148 valence electrons. The minimum Gasteiger partial charge on any atom is -0.324 e. The summed E-state index contributed by atoms with van der Waals surface area (Å²) in [5, 5.41) is 2.97. The number of para-hydroxylation sites is 1. The average molecular weight is 389 g/mol. The van der Waals surface area contributed by atoms with Crippen LogP contribution >= 0.6 is 0 Å². The van der Waals surface area contributed by atoms with E-state index in [-0.39, 0.29) is 23.6 Å². The van der Waals surface area contributed by atoms with E-state index in [1.807, 2.05) is 53.4 Å². The normalized spacial score (nSPS) is 20.7. The molecule has 0 radical (unpaired) electrons. The fourth-order valence-electron chi connectivity index (χ4n) is 4.31. The van der Waals surface area contributed by atoms with Crippen LogP contribution in [0.1, 0.15) is 31.2 Å². The molecule has 2 aromatic rings. The van der Waals surface area contributed by atoms with Crippen LogP contribution in [0.2, 0.25) is 0 Å². The summed E-state index contributed by atoms with van der Waals surface area (Å²) in [6, 6.07) is 14.5. The molecule has 1 saturated heterocycles. The lowest BCUT2D eigenvalue weighted by Gasteiger charge is -2.24. The van der Waals surface area contributed by atoms with Crippen LogP contribution in [-0.2, 0) is 20.8 Å². The van der Waals surface area contributed by atoms with E-state index in [2.05, 4.69) is 5.32 Å². The molecule has 1 aliphatic carbocycles. The van der Waals surface area contributed by atoms with E-state index in [1.54, 1.807) is 4.90 Å². The molecule has 0 spiro atoms. The maximum atomic E-state index is 13.0. The molecule has 6 heteroatoms. The van der Waals surface area contributed by atoms with E-state index >= 15 is 0 Å². The summed E-state index contributed by atoms with van der Waals surface area (Å²) in [6.07, 6.45) is 3.66. The summed E-state index contributed by atoms with van der Waals surface area (Å²) in [6.45, 7) is 0.709. The van der Waals surface area contributed by atoms with Gasteiger partial charge in [-0.25, -0.2) is 0 Å². The van der Waals surface area contributed by atoms with E-state index in [0.717, 1.165) is 36.2 Å². The van der Waals surface area contributed by atoms with Gasteiger partial charge in [-0.15, -0.1) is 0 Å². The van der Waals surface area contributed by atoms with Crippen molar-refractivity contribution in [1.82, 2.24) is 0 Å². The second-order valence-electron chi connectivity index (χ2n) is 8.00. The van der Waals surface area contributed by atoms with E-state index in [9.17, 15) is 14.4 Å². The van der Waals surface area contributed by atoms with Crippen molar-refractivity contribution in [3.63, 3.8) is 0 Å². The summed E-state index contributed by atoms with van der Waals surface area (Å²) in [5.74, 6) is 0.135. The van der Waals surface area contributed by atoms with E-state index in [0.29, 0.717) is 25.1 Å². The van der Waals surface area contributed by atoms with Crippen molar-refractivity contribution in [3.8, 4) is 0 Å². The quantitative estimate of drug-likeness (QED) is 0.874. The van der Waals surface area contributed by atoms with Gasteiger partial charge in [-0.2, -0.15) is 0 Å². The smallest absolute Gasteiger partial charge is 0.247 e. The molecule has 3 aliphatic rings. The van der Waals surface area contributed by atoms with Gasteiger partial charge < -0.3 is 10.2 Å². The van der Waals surface area contributed by atoms with Crippen molar-refractivity contribution in [1.29, 1.82) is 0 Å². The summed E-state index contributed by atoms with van der Waals surface area (Å²) in [7, 11) is 0. The first-order chi connectivity index (χ1) is 14.1. The van der Waals surface area contributed by atoms with Gasteiger partial charge in [-0.1, -0.05) is 24.3 Å². The maximum Gasteiger partial charge on any atom is 0.247 e. The Labute approximate surface area is 169 Å². The Bertz CT molecular complexity index is 984. The van der Waals surface area contributed by atoms with Crippen molar-refractivity contribution >= 4 is 34.8 Å². The number of fused-ring (bicyclic) bond motifs is 1. The molecule has 2 aliphatic heterocycles. The van der Waals surface area contributed by atoms with Crippen LogP contribution < -0.4 is 15.1 Å². The van der Waals surface area contributed by atoms with Gasteiger partial charge in [0.15, 0.2) is 0 Å². The number of carbonyl (C=O) groups is 3. The molecule has 1 atom stereocenters. The number of hydrogen-bond donors (Lipinski definition) is 1. The zero-order valence-electron chi connectivity index (χ0n) is 16.1. The van der Waals surface area contributed by atoms with Gasteiger partial charge in [-0.3, -0.25) is 19.3 Å². The van der Waals surface area contributed by atoms with E-state index < -0.39 is 6.04 Å². The van der Waals surface area contributed by atoms with E-state index in [1.165, 1.54) is 0 Å². The number of rotatable bonds is 4. The van der Waals surface area contributed by atoms with Gasteiger partial charge in [0, 0.05) is 35.9 Å². The standard InChI is InChI=1S/C23H23N3O3/c27-21-11-10-19(26(21)18-4-2-1-3-5-18)22(28)24-17-9-8-15-12-13-25(20(15)14-17)23(29)16-6-7-16/h1-5,8-9,14,16,19H,6-7,10-13H2,(H,24,28). The third-order valence-electron chi connectivity index (χ3n) is 5.99. The fraction of sp³-hybridized carbons (Fsp3) is 0.348. The Morgan fingerprint density at radius 1 is 0.966 bits per heavy atom. The molecule has 5 rings (SSSR count). The Hall–Kier alpha value is -3.15. The van der Waals surface area contributed by atoms with Crippen LogP contribution in [0.15, 0.2) is 48.5 Å². The summed E-state index contributed by atoms with van der Waals surface area (Å²) < 4.78 is 0. The first-order valence-corrected chi connectivity index (χ1v) is 10.2. The SMILES string of the molecule is O=C(Nc1ccc2c(c1)N(C(=O)C1CC1)CC2)C1CCC(=O)N1c1ccccc1. The van der Waals surface area contributed by atoms with Gasteiger partial charge in [0.05, 0.1) is 0 Å². The highest BCUT2D eigenvalue weighted by Crippen LogP contribution is 2.37. The largest absolute Gasteiger partial charge is 0.324 e. The Kier molecular flexibility index (Phi) is 4.34. The number of anilines is 3. The number of carbonyl (C=O) groups excluding carboxylic acids is 3. The van der Waals surface area contributed by atoms with Crippen LogP contribution in [0.25, 0.3) is 0 Å². The number of nitrogens with zero attached hydrogens (tertiary/aromatic N) is 2. The topological polar surface area (TPSA) is 69.7 Å². The second kappa shape index (κ2) is 7.03. The number of hydrogen-bond acceptors (Lipinski definition) is 3. The Balaban J connectivity index is 1.35. The lowest BCUT2D eigenvalue weighted by molar-refractivity contribution is -0.120. The molecule has 2 heterocycles. The zero-order valence-corrected chi connectivity index (χ0v) is 16.1. The van der Waals surface area contributed by atoms with Crippen LogP contribution in [-0.4, -0.2) is 30.3 Å². The van der Waals surface area contributed by atoms with Crippen molar-refractivity contribution in [2.24, 2.45) is 5.92 Å². The average Bonchev–Trinajstić information content (AvgIpc) is 3.39. The summed E-state index contributed by atoms with van der Waals surface area (Å²) >= 11 is 0. The molecule has 1 N–H and O–H groups in total. The molecule has 2 fully saturated rings. The predicted octanol–water partition coefficient (Wildman–Crippen LogP) is 3.12. The second-order valence-corrected chi connectivity index (χ2v) is 8.00. The van der Waals surface area contributed by atoms with Crippen molar-refractivity contribution in [2.45, 2.75) is 38.1 Å². The fourth-order valence-corrected chi connectivity index (χ4v) is 4.31. The maximum absolute atomic E-state index is 13.0. The molecular weight excluding hydrogens is 366 g/mol. The van der Waals surface area contributed by atoms with Gasteiger partial charge in [0.25, 0.3) is 0 Å². The third kappa shape index (κ3) is 3.28. The van der Waals surface area contributed by atoms with Crippen LogP contribution in [0.4, 0.5) is 17.1 Å². The highest BCUT2D eigenvalue weighted by molar-refractivity contribution is 6.08. The predicted molar refractivity (Wildman–Crippen MR) is 111 cm³/mol. The summed E-state index contributed by atoms with van der Waals surface area (Å²) in [5.41, 5.74) is 3.45. The zero-order chi connectivity index (χ0) is 20.0. The van der Waals surface area contributed by atoms with Gasteiger partial charge in [0.1, 0.15) is 6.04 Å². The lowest BCUT2D eigenvalue weighted by Crippen LogP contribution is -2.41. The first kappa shape index (κ1) is 17.9. The lowest BCUT2D eigenvalue weighted by atomic mass is 10.1. The highest BCUT2D eigenvalue weighted by atomic mass is 16.2. The molecule has 0 bridgehead atoms. The molecule has 1 saturated carbocycles. The molecule has 3 amide bonds. The summed E-state index contributed by atoms with van der Waals surface area (Å²) in [4.78, 5) is 41.4. The Morgan fingerprint density at radius 3 is 2.52 bits per heavy atom. The monoisotopic (exact) mass is 389 g/mol. The van der Waals surface area contributed by atoms with Crippen LogP contribution in [0, 0.1) is 5.92 Å². The number of benzene rings is 2. The van der Waals surface area contributed by atoms with Gasteiger partial charge in [-0.05, 0) is 55.5 Å². The van der Waals surface area contributed by atoms with Crippen LogP contribution in [0.5, 0.6) is 0 Å². The number of amides is 3. The molecule has 0 aromatic heterocycles. The minimum atomic E-state index is -0.526. The highest BCUT2D eigenvalue weighted by Gasteiger charge is 2.38. The van der Waals surface area contributed by atoms with Crippen molar-refractivity contribution in [3.05, 3.63) is 54.1 Å². The first-order valence-electron chi connectivity index (χ1n) is 10.2. The minimum absolute atomic E-state index is 0.0356. The van der Waals surface area contributed by atoms with Gasteiger partial charge in [0.2, 0.25) is 17.7 Å². The van der Waals surface area contributed by atoms with Gasteiger partial charge >= 0.3 is 0 Å². The Morgan fingerprint density at radius 2 is 1.76 bits per heavy atom.